The molecule has 0 amide bonds. The third-order valence-corrected chi connectivity index (χ3v) is 4.64. The summed E-state index contributed by atoms with van der Waals surface area (Å²) in [5.41, 5.74) is 2.88. The third kappa shape index (κ3) is 2.17. The minimum atomic E-state index is -0.342. The van der Waals surface area contributed by atoms with Gasteiger partial charge in [0.1, 0.15) is 16.9 Å². The van der Waals surface area contributed by atoms with Gasteiger partial charge in [0.05, 0.1) is 0 Å². The lowest BCUT2D eigenvalue weighted by Gasteiger charge is -2.03. The molecule has 0 aliphatic rings. The minimum Gasteiger partial charge on any atom is -0.456 e. The maximum Gasteiger partial charge on any atom is 0.336 e. The summed E-state index contributed by atoms with van der Waals surface area (Å²) in [7, 11) is 0. The van der Waals surface area contributed by atoms with Crippen LogP contribution in [0.3, 0.4) is 0 Å². The summed E-state index contributed by atoms with van der Waals surface area (Å²) in [6, 6.07) is 21.8. The van der Waals surface area contributed by atoms with Crippen molar-refractivity contribution in [2.24, 2.45) is 0 Å². The monoisotopic (exact) mass is 326 g/mol. The Bertz CT molecular complexity index is 1320. The Labute approximate surface area is 143 Å². The molecule has 120 valence electrons. The van der Waals surface area contributed by atoms with Crippen molar-refractivity contribution in [1.29, 1.82) is 0 Å². The van der Waals surface area contributed by atoms with E-state index in [0.29, 0.717) is 11.2 Å². The second-order valence-corrected chi connectivity index (χ2v) is 6.27. The number of hydrogen-bond donors (Lipinski definition) is 0. The second kappa shape index (κ2) is 5.08. The highest BCUT2D eigenvalue weighted by molar-refractivity contribution is 6.00. The van der Waals surface area contributed by atoms with Crippen molar-refractivity contribution < 1.29 is 8.83 Å². The molecule has 2 heterocycles. The van der Waals surface area contributed by atoms with Crippen molar-refractivity contribution in [3.63, 3.8) is 0 Å². The molecule has 5 aromatic rings. The van der Waals surface area contributed by atoms with Crippen LogP contribution in [0.4, 0.5) is 0 Å². The fraction of sp³-hybridized carbons (Fsp3) is 0.0455. The van der Waals surface area contributed by atoms with E-state index in [1.54, 1.807) is 6.07 Å². The lowest BCUT2D eigenvalue weighted by atomic mass is 10.0. The Morgan fingerprint density at radius 1 is 0.720 bits per heavy atom. The Morgan fingerprint density at radius 3 is 2.48 bits per heavy atom. The van der Waals surface area contributed by atoms with Gasteiger partial charge in [0.25, 0.3) is 0 Å². The van der Waals surface area contributed by atoms with Gasteiger partial charge in [-0.15, -0.1) is 0 Å². The molecule has 3 aromatic carbocycles. The molecule has 0 saturated carbocycles. The molecule has 0 aliphatic carbocycles. The van der Waals surface area contributed by atoms with E-state index in [2.05, 4.69) is 24.3 Å². The first-order valence-electron chi connectivity index (χ1n) is 8.15. The quantitative estimate of drug-likeness (QED) is 0.373. The predicted octanol–water partition coefficient (Wildman–Crippen LogP) is 5.67. The van der Waals surface area contributed by atoms with E-state index in [0.717, 1.165) is 33.0 Å². The molecular weight excluding hydrogens is 312 g/mol. The maximum absolute atomic E-state index is 11.6. The number of fused-ring (bicyclic) bond motifs is 3. The molecule has 0 aliphatic heterocycles. The maximum atomic E-state index is 11.6. The van der Waals surface area contributed by atoms with Crippen LogP contribution in [0.2, 0.25) is 0 Å². The van der Waals surface area contributed by atoms with Crippen molar-refractivity contribution >= 4 is 32.7 Å². The van der Waals surface area contributed by atoms with E-state index in [4.69, 9.17) is 8.83 Å². The predicted molar refractivity (Wildman–Crippen MR) is 99.9 cm³/mol. The fourth-order valence-corrected chi connectivity index (χ4v) is 3.43. The summed E-state index contributed by atoms with van der Waals surface area (Å²) in [5.74, 6) is 0.808. The Kier molecular flexibility index (Phi) is 2.86. The molecule has 0 bridgehead atoms. The zero-order chi connectivity index (χ0) is 17.0. The molecule has 2 aromatic heterocycles. The van der Waals surface area contributed by atoms with Gasteiger partial charge >= 0.3 is 5.63 Å². The molecule has 0 fully saturated rings. The lowest BCUT2D eigenvalue weighted by molar-refractivity contribution is 0.558. The van der Waals surface area contributed by atoms with Crippen molar-refractivity contribution in [3.05, 3.63) is 82.7 Å². The molecule has 5 rings (SSSR count). The van der Waals surface area contributed by atoms with E-state index in [-0.39, 0.29) is 5.63 Å². The first kappa shape index (κ1) is 14.1. The van der Waals surface area contributed by atoms with Crippen molar-refractivity contribution in [3.8, 4) is 11.3 Å². The summed E-state index contributed by atoms with van der Waals surface area (Å²) in [4.78, 5) is 11.6. The average Bonchev–Trinajstić information content (AvgIpc) is 3.02. The summed E-state index contributed by atoms with van der Waals surface area (Å²) >= 11 is 0. The largest absolute Gasteiger partial charge is 0.456 e. The highest BCUT2D eigenvalue weighted by Crippen LogP contribution is 2.34. The van der Waals surface area contributed by atoms with Crippen LogP contribution in [0.25, 0.3) is 44.0 Å². The fourth-order valence-electron chi connectivity index (χ4n) is 3.43. The number of hydrogen-bond acceptors (Lipinski definition) is 3. The highest BCUT2D eigenvalue weighted by Gasteiger charge is 2.12. The number of furan rings is 1. The van der Waals surface area contributed by atoms with Gasteiger partial charge in [0, 0.05) is 28.5 Å². The molecule has 0 N–H and O–H groups in total. The van der Waals surface area contributed by atoms with Crippen LogP contribution in [-0.4, -0.2) is 0 Å². The topological polar surface area (TPSA) is 43.4 Å². The third-order valence-electron chi connectivity index (χ3n) is 4.64. The van der Waals surface area contributed by atoms with Crippen LogP contribution in [-0.2, 0) is 0 Å². The smallest absolute Gasteiger partial charge is 0.336 e. The summed E-state index contributed by atoms with van der Waals surface area (Å²) in [6.45, 7) is 1.91. The molecule has 0 spiro atoms. The van der Waals surface area contributed by atoms with Crippen molar-refractivity contribution in [2.45, 2.75) is 6.92 Å². The molecule has 25 heavy (non-hydrogen) atoms. The van der Waals surface area contributed by atoms with Gasteiger partial charge < -0.3 is 8.83 Å². The summed E-state index contributed by atoms with van der Waals surface area (Å²) in [5, 5.41) is 4.24. The zero-order valence-corrected chi connectivity index (χ0v) is 13.6. The van der Waals surface area contributed by atoms with Gasteiger partial charge in [0.2, 0.25) is 0 Å². The van der Waals surface area contributed by atoms with Crippen molar-refractivity contribution in [2.75, 3.05) is 0 Å². The second-order valence-electron chi connectivity index (χ2n) is 6.27. The molecule has 0 radical (unpaired) electrons. The minimum absolute atomic E-state index is 0.342. The first-order chi connectivity index (χ1) is 12.2. The standard InChI is InChI=1S/C22H14O3/c1-13-9-22(23)25-21-12-19-15(10-18(13)21)11-20(24-19)17-8-4-6-14-5-2-3-7-16(14)17/h2-12H,1H3. The van der Waals surface area contributed by atoms with E-state index >= 15 is 0 Å². The first-order valence-corrected chi connectivity index (χ1v) is 8.15. The number of rotatable bonds is 1. The van der Waals surface area contributed by atoms with Crippen LogP contribution >= 0.6 is 0 Å². The molecule has 0 saturated heterocycles. The van der Waals surface area contributed by atoms with Crippen LogP contribution < -0.4 is 5.63 Å². The molecular formula is C22H14O3. The number of aryl methyl sites for hydroxylation is 1. The summed E-state index contributed by atoms with van der Waals surface area (Å²) in [6.07, 6.45) is 0. The van der Waals surface area contributed by atoms with E-state index in [9.17, 15) is 4.79 Å². The summed E-state index contributed by atoms with van der Waals surface area (Å²) < 4.78 is 11.4. The van der Waals surface area contributed by atoms with Crippen LogP contribution in [0.1, 0.15) is 5.56 Å². The van der Waals surface area contributed by atoms with Gasteiger partial charge in [0.15, 0.2) is 0 Å². The van der Waals surface area contributed by atoms with E-state index in [1.165, 1.54) is 11.5 Å². The molecule has 0 unspecified atom stereocenters. The van der Waals surface area contributed by atoms with Gasteiger partial charge in [-0.3, -0.25) is 0 Å². The van der Waals surface area contributed by atoms with Gasteiger partial charge in [-0.05, 0) is 35.4 Å². The Balaban J connectivity index is 1.81. The van der Waals surface area contributed by atoms with Gasteiger partial charge in [-0.2, -0.15) is 0 Å². The molecule has 0 atom stereocenters. The van der Waals surface area contributed by atoms with E-state index in [1.807, 2.05) is 37.3 Å². The highest BCUT2D eigenvalue weighted by atomic mass is 16.4. The number of benzene rings is 3. The average molecular weight is 326 g/mol. The Morgan fingerprint density at radius 2 is 1.56 bits per heavy atom. The normalized spacial score (nSPS) is 11.6. The van der Waals surface area contributed by atoms with Crippen LogP contribution in [0, 0.1) is 6.92 Å². The van der Waals surface area contributed by atoms with Gasteiger partial charge in [-0.25, -0.2) is 4.79 Å². The van der Waals surface area contributed by atoms with Gasteiger partial charge in [-0.1, -0.05) is 42.5 Å². The van der Waals surface area contributed by atoms with E-state index < -0.39 is 0 Å². The van der Waals surface area contributed by atoms with Crippen LogP contribution in [0.5, 0.6) is 0 Å². The zero-order valence-electron chi connectivity index (χ0n) is 13.6. The Hall–Kier alpha value is -3.33. The lowest BCUT2D eigenvalue weighted by Crippen LogP contribution is -1.97. The SMILES string of the molecule is Cc1cc(=O)oc2cc3oc(-c4cccc5ccccc45)cc3cc12. The molecule has 3 nitrogen and oxygen atoms in total. The van der Waals surface area contributed by atoms with Crippen LogP contribution in [0.15, 0.2) is 80.4 Å². The van der Waals surface area contributed by atoms with Crippen molar-refractivity contribution in [1.82, 2.24) is 0 Å². The molecule has 3 heteroatoms.